The molecular weight excluding hydrogens is 238 g/mol. The number of hydrogen-bond acceptors (Lipinski definition) is 4. The summed E-state index contributed by atoms with van der Waals surface area (Å²) < 4.78 is 0. The summed E-state index contributed by atoms with van der Waals surface area (Å²) in [5.74, 6) is 1.35. The van der Waals surface area contributed by atoms with Crippen LogP contribution in [0.4, 0.5) is 0 Å². The highest BCUT2D eigenvalue weighted by Gasteiger charge is 2.33. The van der Waals surface area contributed by atoms with Crippen LogP contribution in [0.3, 0.4) is 0 Å². The van der Waals surface area contributed by atoms with Gasteiger partial charge in [-0.25, -0.2) is 0 Å². The summed E-state index contributed by atoms with van der Waals surface area (Å²) >= 11 is 1.63. The van der Waals surface area contributed by atoms with E-state index in [4.69, 9.17) is 5.73 Å². The van der Waals surface area contributed by atoms with Gasteiger partial charge in [-0.1, -0.05) is 6.92 Å². The lowest BCUT2D eigenvalue weighted by molar-refractivity contribution is -0.137. The Kier molecular flexibility index (Phi) is 6.36. The minimum absolute atomic E-state index is 0.0335. The zero-order chi connectivity index (χ0) is 12.7. The van der Waals surface area contributed by atoms with Crippen molar-refractivity contribution in [1.29, 1.82) is 0 Å². The van der Waals surface area contributed by atoms with Crippen molar-refractivity contribution in [2.24, 2.45) is 5.73 Å². The summed E-state index contributed by atoms with van der Waals surface area (Å²) in [6.45, 7) is 3.11. The Balaban J connectivity index is 2.37. The fourth-order valence-corrected chi connectivity index (χ4v) is 2.89. The summed E-state index contributed by atoms with van der Waals surface area (Å²) in [5.41, 5.74) is 5.38. The van der Waals surface area contributed by atoms with Crippen molar-refractivity contribution in [1.82, 2.24) is 10.2 Å². The molecule has 98 valence electrons. The average molecular weight is 259 g/mol. The highest BCUT2D eigenvalue weighted by molar-refractivity contribution is 7.99. The molecule has 1 fully saturated rings. The minimum atomic E-state index is -0.287. The molecule has 5 nitrogen and oxygen atoms in total. The van der Waals surface area contributed by atoms with E-state index in [2.05, 4.69) is 5.32 Å². The van der Waals surface area contributed by atoms with Gasteiger partial charge in [0.1, 0.15) is 6.04 Å². The van der Waals surface area contributed by atoms with E-state index in [0.29, 0.717) is 31.1 Å². The number of nitrogens with zero attached hydrogens (tertiary/aromatic N) is 1. The van der Waals surface area contributed by atoms with Crippen LogP contribution in [0.5, 0.6) is 0 Å². The Bertz CT molecular complexity index is 273. The zero-order valence-corrected chi connectivity index (χ0v) is 11.1. The summed E-state index contributed by atoms with van der Waals surface area (Å²) in [5, 5.41) is 2.87. The molecule has 1 heterocycles. The first-order valence-electron chi connectivity index (χ1n) is 6.05. The Morgan fingerprint density at radius 3 is 2.88 bits per heavy atom. The van der Waals surface area contributed by atoms with E-state index < -0.39 is 0 Å². The molecule has 17 heavy (non-hydrogen) atoms. The van der Waals surface area contributed by atoms with Gasteiger partial charge in [0.25, 0.3) is 0 Å². The van der Waals surface area contributed by atoms with Gasteiger partial charge in [-0.2, -0.15) is 0 Å². The Morgan fingerprint density at radius 1 is 1.47 bits per heavy atom. The molecule has 0 aromatic carbocycles. The van der Waals surface area contributed by atoms with Crippen LogP contribution in [0.15, 0.2) is 0 Å². The van der Waals surface area contributed by atoms with Gasteiger partial charge in [0.15, 0.2) is 0 Å². The number of unbranched alkanes of at least 4 members (excludes halogenated alkanes) is 1. The molecule has 0 aliphatic carbocycles. The third-order valence-corrected chi connectivity index (χ3v) is 3.75. The van der Waals surface area contributed by atoms with Gasteiger partial charge >= 0.3 is 0 Å². The zero-order valence-electron chi connectivity index (χ0n) is 10.3. The first-order chi connectivity index (χ1) is 8.20. The number of rotatable bonds is 6. The Hall–Kier alpha value is -0.750. The first-order valence-corrected chi connectivity index (χ1v) is 7.21. The van der Waals surface area contributed by atoms with E-state index in [1.54, 1.807) is 16.7 Å². The summed E-state index contributed by atoms with van der Waals surface area (Å²) in [6.07, 6.45) is 2.26. The van der Waals surface area contributed by atoms with Crippen LogP contribution in [0.1, 0.15) is 26.2 Å². The van der Waals surface area contributed by atoms with E-state index in [-0.39, 0.29) is 17.9 Å². The largest absolute Gasteiger partial charge is 0.354 e. The lowest BCUT2D eigenvalue weighted by atomic mass is 10.2. The molecule has 1 rings (SSSR count). The number of nitrogens with two attached hydrogens (primary N) is 1. The van der Waals surface area contributed by atoms with Crippen LogP contribution in [0.2, 0.25) is 0 Å². The second kappa shape index (κ2) is 7.55. The van der Waals surface area contributed by atoms with Crippen molar-refractivity contribution in [3.8, 4) is 0 Å². The van der Waals surface area contributed by atoms with Crippen molar-refractivity contribution in [3.05, 3.63) is 0 Å². The fourth-order valence-electron chi connectivity index (χ4n) is 1.71. The van der Waals surface area contributed by atoms with Gasteiger partial charge in [-0.05, 0) is 19.4 Å². The first kappa shape index (κ1) is 14.3. The number of carbonyl (C=O) groups excluding carboxylic acids is 2. The molecule has 0 aromatic heterocycles. The van der Waals surface area contributed by atoms with Gasteiger partial charge in [-0.15, -0.1) is 11.8 Å². The minimum Gasteiger partial charge on any atom is -0.354 e. The predicted molar refractivity (Wildman–Crippen MR) is 69.5 cm³/mol. The summed E-state index contributed by atoms with van der Waals surface area (Å²) in [4.78, 5) is 25.2. The topological polar surface area (TPSA) is 75.4 Å². The quantitative estimate of drug-likeness (QED) is 0.666. The maximum Gasteiger partial charge on any atom is 0.243 e. The molecule has 0 radical (unpaired) electrons. The van der Waals surface area contributed by atoms with Gasteiger partial charge in [0.2, 0.25) is 11.8 Å². The standard InChI is InChI=1S/C11H21N3O2S/c1-2-10(15)14-8-17-7-9(14)11(16)13-6-4-3-5-12/h9H,2-8,12H2,1H3,(H,13,16). The van der Waals surface area contributed by atoms with Crippen molar-refractivity contribution < 1.29 is 9.59 Å². The van der Waals surface area contributed by atoms with Gasteiger partial charge in [0, 0.05) is 18.7 Å². The van der Waals surface area contributed by atoms with E-state index in [0.717, 1.165) is 12.8 Å². The highest BCUT2D eigenvalue weighted by atomic mass is 32.2. The molecule has 0 spiro atoms. The molecule has 1 aliphatic rings. The Labute approximate surface area is 106 Å². The molecule has 2 amide bonds. The number of hydrogen-bond donors (Lipinski definition) is 2. The van der Waals surface area contributed by atoms with Crippen LogP contribution in [-0.4, -0.2) is 47.5 Å². The second-order valence-corrected chi connectivity index (χ2v) is 5.02. The molecule has 1 saturated heterocycles. The smallest absolute Gasteiger partial charge is 0.243 e. The molecule has 1 unspecified atom stereocenters. The lowest BCUT2D eigenvalue weighted by Gasteiger charge is -2.22. The fraction of sp³-hybridized carbons (Fsp3) is 0.818. The number of nitrogens with one attached hydrogen (secondary N) is 1. The van der Waals surface area contributed by atoms with Crippen LogP contribution < -0.4 is 11.1 Å². The lowest BCUT2D eigenvalue weighted by Crippen LogP contribution is -2.47. The third-order valence-electron chi connectivity index (χ3n) is 2.74. The van der Waals surface area contributed by atoms with Crippen molar-refractivity contribution in [3.63, 3.8) is 0 Å². The molecule has 1 aliphatic heterocycles. The number of thioether (sulfide) groups is 1. The number of amides is 2. The highest BCUT2D eigenvalue weighted by Crippen LogP contribution is 2.21. The maximum absolute atomic E-state index is 11.9. The van der Waals surface area contributed by atoms with Crippen LogP contribution >= 0.6 is 11.8 Å². The summed E-state index contributed by atoms with van der Waals surface area (Å²) in [6, 6.07) is -0.287. The van der Waals surface area contributed by atoms with E-state index in [9.17, 15) is 9.59 Å². The monoisotopic (exact) mass is 259 g/mol. The van der Waals surface area contributed by atoms with Crippen molar-refractivity contribution >= 4 is 23.6 Å². The normalized spacial score (nSPS) is 19.4. The second-order valence-electron chi connectivity index (χ2n) is 4.02. The molecular formula is C11H21N3O2S. The van der Waals surface area contributed by atoms with E-state index in [1.165, 1.54) is 0 Å². The van der Waals surface area contributed by atoms with Gasteiger partial charge in [0.05, 0.1) is 5.88 Å². The molecule has 1 atom stereocenters. The van der Waals surface area contributed by atoms with Crippen molar-refractivity contribution in [2.45, 2.75) is 32.2 Å². The predicted octanol–water partition coefficient (Wildman–Crippen LogP) is 0.153. The molecule has 0 aromatic rings. The SMILES string of the molecule is CCC(=O)N1CSCC1C(=O)NCCCCN. The molecule has 0 saturated carbocycles. The Morgan fingerprint density at radius 2 is 2.24 bits per heavy atom. The summed E-state index contributed by atoms with van der Waals surface area (Å²) in [7, 11) is 0. The average Bonchev–Trinajstić information content (AvgIpc) is 2.82. The van der Waals surface area contributed by atoms with Gasteiger partial charge < -0.3 is 16.0 Å². The number of carbonyl (C=O) groups is 2. The molecule has 0 bridgehead atoms. The van der Waals surface area contributed by atoms with Crippen LogP contribution in [0, 0.1) is 0 Å². The van der Waals surface area contributed by atoms with Crippen molar-refractivity contribution in [2.75, 3.05) is 24.7 Å². The maximum atomic E-state index is 11.9. The van der Waals surface area contributed by atoms with Crippen LogP contribution in [-0.2, 0) is 9.59 Å². The third kappa shape index (κ3) is 4.20. The van der Waals surface area contributed by atoms with Crippen LogP contribution in [0.25, 0.3) is 0 Å². The molecule has 6 heteroatoms. The van der Waals surface area contributed by atoms with Gasteiger partial charge in [-0.3, -0.25) is 9.59 Å². The molecule has 3 N–H and O–H groups in total. The van der Waals surface area contributed by atoms with E-state index >= 15 is 0 Å². The van der Waals surface area contributed by atoms with E-state index in [1.807, 2.05) is 6.92 Å².